The average molecular weight is 421 g/mol. The minimum Gasteiger partial charge on any atom is -0.493 e. The molecule has 6 nitrogen and oxygen atoms in total. The highest BCUT2D eigenvalue weighted by molar-refractivity contribution is 6.07. The third-order valence-electron chi connectivity index (χ3n) is 6.17. The van der Waals surface area contributed by atoms with E-state index in [1.165, 1.54) is 30.9 Å². The van der Waals surface area contributed by atoms with Gasteiger partial charge in [-0.25, -0.2) is 0 Å². The molecule has 6 heteroatoms. The number of methoxy groups -OCH3 is 2. The molecule has 1 heterocycles. The van der Waals surface area contributed by atoms with E-state index in [1.54, 1.807) is 22.9 Å². The maximum atomic E-state index is 13.4. The molecule has 1 unspecified atom stereocenters. The highest BCUT2D eigenvalue weighted by Gasteiger charge is 2.26. The first-order chi connectivity index (χ1) is 15.0. The number of ether oxygens (including phenoxy) is 2. The Morgan fingerprint density at radius 1 is 1.10 bits per heavy atom. The van der Waals surface area contributed by atoms with Crippen LogP contribution in [0.1, 0.15) is 53.4 Å². The van der Waals surface area contributed by atoms with Crippen molar-refractivity contribution >= 4 is 16.7 Å². The third kappa shape index (κ3) is 3.67. The number of amides is 1. The maximum absolute atomic E-state index is 13.4. The van der Waals surface area contributed by atoms with Crippen LogP contribution in [-0.4, -0.2) is 24.7 Å². The summed E-state index contributed by atoms with van der Waals surface area (Å²) >= 11 is 0. The smallest absolute Gasteiger partial charge is 0.258 e. The van der Waals surface area contributed by atoms with E-state index < -0.39 is 0 Å². The first-order valence-corrected chi connectivity index (χ1v) is 10.7. The van der Waals surface area contributed by atoms with Gasteiger partial charge >= 0.3 is 0 Å². The zero-order chi connectivity index (χ0) is 22.1. The molecule has 0 fully saturated rings. The van der Waals surface area contributed by atoms with Crippen molar-refractivity contribution in [2.75, 3.05) is 14.2 Å². The van der Waals surface area contributed by atoms with Crippen LogP contribution in [0, 0.1) is 0 Å². The number of nitrogens with zero attached hydrogens (tertiary/aromatic N) is 1. The SMILES string of the molecule is CCc1ccc2c(c1)CCC2NC(=O)c1cn(CC)c(=O)c2cc(OC)c(OC)cc12. The van der Waals surface area contributed by atoms with E-state index in [9.17, 15) is 9.59 Å². The third-order valence-corrected chi connectivity index (χ3v) is 6.17. The number of nitrogens with one attached hydrogen (secondary N) is 1. The van der Waals surface area contributed by atoms with Crippen LogP contribution >= 0.6 is 0 Å². The van der Waals surface area contributed by atoms with Gasteiger partial charge in [0.25, 0.3) is 11.5 Å². The molecule has 162 valence electrons. The molecule has 4 rings (SSSR count). The number of fused-ring (bicyclic) bond motifs is 2. The minimum atomic E-state index is -0.197. The highest BCUT2D eigenvalue weighted by Crippen LogP contribution is 2.34. The molecule has 0 saturated heterocycles. The van der Waals surface area contributed by atoms with Crippen LogP contribution < -0.4 is 20.3 Å². The van der Waals surface area contributed by atoms with Crippen molar-refractivity contribution in [3.63, 3.8) is 0 Å². The van der Waals surface area contributed by atoms with Gasteiger partial charge < -0.3 is 19.4 Å². The van der Waals surface area contributed by atoms with Crippen molar-refractivity contribution in [1.82, 2.24) is 9.88 Å². The van der Waals surface area contributed by atoms with Gasteiger partial charge in [0.2, 0.25) is 0 Å². The number of aromatic nitrogens is 1. The summed E-state index contributed by atoms with van der Waals surface area (Å²) in [6, 6.07) is 9.83. The lowest BCUT2D eigenvalue weighted by Gasteiger charge is -2.17. The fourth-order valence-electron chi connectivity index (χ4n) is 4.41. The Bertz CT molecular complexity index is 1210. The molecule has 1 N–H and O–H groups in total. The van der Waals surface area contributed by atoms with Crippen molar-refractivity contribution in [3.8, 4) is 11.5 Å². The van der Waals surface area contributed by atoms with Gasteiger partial charge in [-0.05, 0) is 55.0 Å². The lowest BCUT2D eigenvalue weighted by molar-refractivity contribution is 0.0937. The van der Waals surface area contributed by atoms with Crippen LogP contribution in [0.25, 0.3) is 10.8 Å². The van der Waals surface area contributed by atoms with Crippen LogP contribution in [0.4, 0.5) is 0 Å². The number of carbonyl (C=O) groups excluding carboxylic acids is 1. The van der Waals surface area contributed by atoms with Crippen LogP contribution in [0.5, 0.6) is 11.5 Å². The standard InChI is InChI=1S/C25H28N2O4/c1-5-15-7-9-17-16(11-15)8-10-21(17)26-24(28)20-14-27(6-2)25(29)19-13-23(31-4)22(30-3)12-18(19)20/h7,9,11-14,21H,5-6,8,10H2,1-4H3,(H,26,28). The first kappa shape index (κ1) is 21.0. The molecule has 1 atom stereocenters. The molecular formula is C25H28N2O4. The first-order valence-electron chi connectivity index (χ1n) is 10.7. The predicted octanol–water partition coefficient (Wildman–Crippen LogP) is 4.02. The summed E-state index contributed by atoms with van der Waals surface area (Å²) in [6.07, 6.45) is 4.47. The van der Waals surface area contributed by atoms with Crippen molar-refractivity contribution in [2.45, 2.75) is 45.7 Å². The number of carbonyl (C=O) groups is 1. The lowest BCUT2D eigenvalue weighted by atomic mass is 10.0. The Morgan fingerprint density at radius 2 is 1.81 bits per heavy atom. The van der Waals surface area contributed by atoms with E-state index >= 15 is 0 Å². The second-order valence-corrected chi connectivity index (χ2v) is 7.84. The van der Waals surface area contributed by atoms with E-state index in [4.69, 9.17) is 9.47 Å². The Morgan fingerprint density at radius 3 is 2.45 bits per heavy atom. The zero-order valence-corrected chi connectivity index (χ0v) is 18.5. The Balaban J connectivity index is 1.76. The van der Waals surface area contributed by atoms with E-state index in [1.807, 2.05) is 6.92 Å². The molecule has 1 amide bonds. The zero-order valence-electron chi connectivity index (χ0n) is 18.5. The average Bonchev–Trinajstić information content (AvgIpc) is 3.20. The highest BCUT2D eigenvalue weighted by atomic mass is 16.5. The normalized spacial score (nSPS) is 15.0. The van der Waals surface area contributed by atoms with E-state index in [2.05, 4.69) is 30.4 Å². The predicted molar refractivity (Wildman–Crippen MR) is 121 cm³/mol. The molecule has 1 aliphatic carbocycles. The van der Waals surface area contributed by atoms with Crippen LogP contribution in [0.3, 0.4) is 0 Å². The summed E-state index contributed by atoms with van der Waals surface area (Å²) in [5, 5.41) is 4.19. The molecule has 1 aromatic heterocycles. The number of pyridine rings is 1. The molecular weight excluding hydrogens is 392 g/mol. The number of hydrogen-bond acceptors (Lipinski definition) is 4. The fourth-order valence-corrected chi connectivity index (χ4v) is 4.41. The van der Waals surface area contributed by atoms with Gasteiger partial charge in [0.05, 0.1) is 31.2 Å². The fraction of sp³-hybridized carbons (Fsp3) is 0.360. The summed E-state index contributed by atoms with van der Waals surface area (Å²) in [6.45, 7) is 4.50. The molecule has 1 aliphatic rings. The summed E-state index contributed by atoms with van der Waals surface area (Å²) in [7, 11) is 3.07. The maximum Gasteiger partial charge on any atom is 0.258 e. The van der Waals surface area contributed by atoms with Crippen molar-refractivity contribution in [3.05, 3.63) is 69.1 Å². The van der Waals surface area contributed by atoms with E-state index in [0.29, 0.717) is 34.4 Å². The van der Waals surface area contributed by atoms with Gasteiger partial charge in [-0.15, -0.1) is 0 Å². The number of aryl methyl sites for hydroxylation is 3. The summed E-state index contributed by atoms with van der Waals surface area (Å²) < 4.78 is 12.3. The summed E-state index contributed by atoms with van der Waals surface area (Å²) in [5.74, 6) is 0.747. The van der Waals surface area contributed by atoms with Gasteiger partial charge in [0.1, 0.15) is 0 Å². The number of hydrogen-bond donors (Lipinski definition) is 1. The van der Waals surface area contributed by atoms with Crippen LogP contribution in [-0.2, 0) is 19.4 Å². The van der Waals surface area contributed by atoms with Crippen LogP contribution in [0.15, 0.2) is 41.3 Å². The molecule has 2 aromatic carbocycles. The van der Waals surface area contributed by atoms with E-state index in [0.717, 1.165) is 19.3 Å². The van der Waals surface area contributed by atoms with Crippen molar-refractivity contribution in [1.29, 1.82) is 0 Å². The minimum absolute atomic E-state index is 0.0365. The van der Waals surface area contributed by atoms with Crippen molar-refractivity contribution < 1.29 is 14.3 Å². The summed E-state index contributed by atoms with van der Waals surface area (Å²) in [4.78, 5) is 26.3. The van der Waals surface area contributed by atoms with Gasteiger partial charge in [-0.3, -0.25) is 9.59 Å². The second kappa shape index (κ2) is 8.46. The van der Waals surface area contributed by atoms with Gasteiger partial charge in [-0.2, -0.15) is 0 Å². The number of rotatable bonds is 6. The molecule has 0 saturated carbocycles. The lowest BCUT2D eigenvalue weighted by Crippen LogP contribution is -2.30. The second-order valence-electron chi connectivity index (χ2n) is 7.84. The molecule has 0 aliphatic heterocycles. The Hall–Kier alpha value is -3.28. The topological polar surface area (TPSA) is 69.6 Å². The van der Waals surface area contributed by atoms with Gasteiger partial charge in [0.15, 0.2) is 11.5 Å². The van der Waals surface area contributed by atoms with Crippen molar-refractivity contribution in [2.24, 2.45) is 0 Å². The summed E-state index contributed by atoms with van der Waals surface area (Å²) in [5.41, 5.74) is 4.09. The van der Waals surface area contributed by atoms with Gasteiger partial charge in [-0.1, -0.05) is 25.1 Å². The molecule has 0 bridgehead atoms. The Labute approximate surface area is 181 Å². The molecule has 31 heavy (non-hydrogen) atoms. The Kier molecular flexibility index (Phi) is 5.72. The quantitative estimate of drug-likeness (QED) is 0.654. The molecule has 0 spiro atoms. The molecule has 3 aromatic rings. The van der Waals surface area contributed by atoms with E-state index in [-0.39, 0.29) is 17.5 Å². The monoisotopic (exact) mass is 420 g/mol. The van der Waals surface area contributed by atoms with Crippen LogP contribution in [0.2, 0.25) is 0 Å². The number of benzene rings is 2. The largest absolute Gasteiger partial charge is 0.493 e. The van der Waals surface area contributed by atoms with Gasteiger partial charge in [0, 0.05) is 18.1 Å². The molecule has 0 radical (unpaired) electrons.